The highest BCUT2D eigenvalue weighted by Gasteiger charge is 2.19. The number of carbonyl (C=O) groups excluding carboxylic acids is 1. The minimum Gasteiger partial charge on any atom is -0.378 e. The summed E-state index contributed by atoms with van der Waals surface area (Å²) in [6.45, 7) is 5.21. The third-order valence-corrected chi connectivity index (χ3v) is 4.55. The van der Waals surface area contributed by atoms with Crippen molar-refractivity contribution in [3.05, 3.63) is 24.0 Å². The van der Waals surface area contributed by atoms with Gasteiger partial charge in [0.2, 0.25) is 0 Å². The lowest BCUT2D eigenvalue weighted by molar-refractivity contribution is -0.896. The Balaban J connectivity index is 1.57. The first kappa shape index (κ1) is 16.2. The number of piperidine rings is 1. The molecule has 6 heteroatoms. The molecule has 0 aromatic heterocycles. The van der Waals surface area contributed by atoms with Gasteiger partial charge in [0.05, 0.1) is 32.0 Å². The third-order valence-electron chi connectivity index (χ3n) is 4.55. The van der Waals surface area contributed by atoms with Gasteiger partial charge in [-0.1, -0.05) is 0 Å². The van der Waals surface area contributed by atoms with Gasteiger partial charge in [-0.2, -0.15) is 0 Å². The number of halogens is 1. The summed E-state index contributed by atoms with van der Waals surface area (Å²) in [5.74, 6) is -0.338. The van der Waals surface area contributed by atoms with Gasteiger partial charge in [-0.25, -0.2) is 4.39 Å². The zero-order valence-electron chi connectivity index (χ0n) is 13.4. The van der Waals surface area contributed by atoms with Gasteiger partial charge in [0, 0.05) is 18.8 Å². The molecule has 3 rings (SSSR count). The number of nitrogens with zero attached hydrogens (tertiary/aromatic N) is 1. The number of ether oxygens (including phenoxy) is 1. The molecule has 0 spiro atoms. The SMILES string of the molecule is O=C(C[NH+]1CCCCC1)Nc1ccc(N2CCOCC2)c(F)c1. The highest BCUT2D eigenvalue weighted by atomic mass is 19.1. The molecule has 0 unspecified atom stereocenters. The minimum atomic E-state index is -0.296. The number of amides is 1. The number of likely N-dealkylation sites (tertiary alicyclic amines) is 1. The number of nitrogens with one attached hydrogen (secondary N) is 2. The Kier molecular flexibility index (Phi) is 5.46. The van der Waals surface area contributed by atoms with Crippen LogP contribution >= 0.6 is 0 Å². The van der Waals surface area contributed by atoms with Gasteiger partial charge < -0.3 is 19.9 Å². The zero-order chi connectivity index (χ0) is 16.1. The number of rotatable bonds is 4. The van der Waals surface area contributed by atoms with E-state index in [1.54, 1.807) is 12.1 Å². The summed E-state index contributed by atoms with van der Waals surface area (Å²) in [7, 11) is 0. The summed E-state index contributed by atoms with van der Waals surface area (Å²) in [6, 6.07) is 4.93. The lowest BCUT2D eigenvalue weighted by Crippen LogP contribution is -3.13. The molecule has 0 radical (unpaired) electrons. The predicted molar refractivity (Wildman–Crippen MR) is 87.5 cm³/mol. The van der Waals surface area contributed by atoms with E-state index < -0.39 is 0 Å². The van der Waals surface area contributed by atoms with Crippen molar-refractivity contribution in [3.8, 4) is 0 Å². The van der Waals surface area contributed by atoms with Crippen molar-refractivity contribution < 1.29 is 18.8 Å². The van der Waals surface area contributed by atoms with E-state index in [9.17, 15) is 9.18 Å². The molecule has 1 amide bonds. The summed E-state index contributed by atoms with van der Waals surface area (Å²) in [4.78, 5) is 15.4. The largest absolute Gasteiger partial charge is 0.378 e. The molecule has 0 bridgehead atoms. The summed E-state index contributed by atoms with van der Waals surface area (Å²) < 4.78 is 19.6. The molecule has 0 saturated carbocycles. The molecule has 2 fully saturated rings. The number of carbonyl (C=O) groups is 1. The van der Waals surface area contributed by atoms with Crippen LogP contribution in [0.5, 0.6) is 0 Å². The summed E-state index contributed by atoms with van der Waals surface area (Å²) in [5.41, 5.74) is 1.11. The fourth-order valence-electron chi connectivity index (χ4n) is 3.31. The second-order valence-electron chi connectivity index (χ2n) is 6.30. The van der Waals surface area contributed by atoms with Gasteiger partial charge in [-0.3, -0.25) is 4.79 Å². The fraction of sp³-hybridized carbons (Fsp3) is 0.588. The molecule has 1 aromatic rings. The lowest BCUT2D eigenvalue weighted by atomic mass is 10.1. The van der Waals surface area contributed by atoms with E-state index in [1.165, 1.54) is 30.2 Å². The lowest BCUT2D eigenvalue weighted by Gasteiger charge is -2.29. The van der Waals surface area contributed by atoms with E-state index >= 15 is 0 Å². The number of benzene rings is 1. The molecule has 1 aromatic carbocycles. The molecule has 2 saturated heterocycles. The van der Waals surface area contributed by atoms with Crippen molar-refractivity contribution in [2.75, 3.05) is 56.2 Å². The van der Waals surface area contributed by atoms with E-state index in [-0.39, 0.29) is 11.7 Å². The van der Waals surface area contributed by atoms with Crippen molar-refractivity contribution in [2.24, 2.45) is 0 Å². The van der Waals surface area contributed by atoms with Crippen LogP contribution in [0.2, 0.25) is 0 Å². The van der Waals surface area contributed by atoms with E-state index in [4.69, 9.17) is 4.74 Å². The van der Waals surface area contributed by atoms with Crippen molar-refractivity contribution in [3.63, 3.8) is 0 Å². The minimum absolute atomic E-state index is 0.0413. The molecular formula is C17H25FN3O2+. The van der Waals surface area contributed by atoms with Crippen LogP contribution < -0.4 is 15.1 Å². The number of quaternary nitrogens is 1. The molecule has 2 aliphatic heterocycles. The predicted octanol–water partition coefficient (Wildman–Crippen LogP) is 0.670. The second-order valence-corrected chi connectivity index (χ2v) is 6.30. The number of morpholine rings is 1. The molecular weight excluding hydrogens is 297 g/mol. The van der Waals surface area contributed by atoms with Crippen LogP contribution in [0.1, 0.15) is 19.3 Å². The van der Waals surface area contributed by atoms with Gasteiger partial charge in [0.15, 0.2) is 6.54 Å². The first-order valence-electron chi connectivity index (χ1n) is 8.48. The highest BCUT2D eigenvalue weighted by Crippen LogP contribution is 2.23. The maximum atomic E-state index is 14.3. The monoisotopic (exact) mass is 322 g/mol. The Hall–Kier alpha value is -1.66. The number of hydrogen-bond acceptors (Lipinski definition) is 3. The number of hydrogen-bond donors (Lipinski definition) is 2. The summed E-state index contributed by atoms with van der Waals surface area (Å²) in [5, 5.41) is 2.82. The van der Waals surface area contributed by atoms with Crippen LogP contribution in [0, 0.1) is 5.82 Å². The first-order valence-corrected chi connectivity index (χ1v) is 8.48. The van der Waals surface area contributed by atoms with E-state index in [2.05, 4.69) is 5.32 Å². The van der Waals surface area contributed by atoms with Crippen LogP contribution in [0.3, 0.4) is 0 Å². The van der Waals surface area contributed by atoms with Crippen molar-refractivity contribution in [1.82, 2.24) is 0 Å². The van der Waals surface area contributed by atoms with Crippen molar-refractivity contribution in [2.45, 2.75) is 19.3 Å². The number of anilines is 2. The second kappa shape index (κ2) is 7.75. The highest BCUT2D eigenvalue weighted by molar-refractivity contribution is 5.91. The van der Waals surface area contributed by atoms with E-state index in [1.807, 2.05) is 4.90 Å². The van der Waals surface area contributed by atoms with Crippen LogP contribution in [-0.4, -0.2) is 51.8 Å². The Labute approximate surface area is 136 Å². The Bertz CT molecular complexity index is 541. The average molecular weight is 322 g/mol. The van der Waals surface area contributed by atoms with Crippen molar-refractivity contribution >= 4 is 17.3 Å². The van der Waals surface area contributed by atoms with Crippen LogP contribution in [-0.2, 0) is 9.53 Å². The van der Waals surface area contributed by atoms with E-state index in [0.717, 1.165) is 13.1 Å². The van der Waals surface area contributed by atoms with Crippen molar-refractivity contribution in [1.29, 1.82) is 0 Å². The topological polar surface area (TPSA) is 46.0 Å². The zero-order valence-corrected chi connectivity index (χ0v) is 13.4. The van der Waals surface area contributed by atoms with Gasteiger partial charge >= 0.3 is 0 Å². The fourth-order valence-corrected chi connectivity index (χ4v) is 3.31. The molecule has 5 nitrogen and oxygen atoms in total. The quantitative estimate of drug-likeness (QED) is 0.856. The molecule has 2 heterocycles. The molecule has 2 N–H and O–H groups in total. The summed E-state index contributed by atoms with van der Waals surface area (Å²) in [6.07, 6.45) is 3.64. The maximum Gasteiger partial charge on any atom is 0.279 e. The smallest absolute Gasteiger partial charge is 0.279 e. The standard InChI is InChI=1S/C17H24FN3O2/c18-15-12-14(4-5-16(15)21-8-10-23-11-9-21)19-17(22)13-20-6-2-1-3-7-20/h4-5,12H,1-3,6-11,13H2,(H,19,22)/p+1. The van der Waals surface area contributed by atoms with E-state index in [0.29, 0.717) is 44.2 Å². The van der Waals surface area contributed by atoms with Gasteiger partial charge in [0.1, 0.15) is 5.82 Å². The van der Waals surface area contributed by atoms with Gasteiger partial charge in [-0.15, -0.1) is 0 Å². The first-order chi connectivity index (χ1) is 11.2. The van der Waals surface area contributed by atoms with Gasteiger partial charge in [-0.05, 0) is 37.5 Å². The normalized spacial score (nSPS) is 19.6. The Morgan fingerprint density at radius 2 is 1.96 bits per heavy atom. The molecule has 126 valence electrons. The average Bonchev–Trinajstić information content (AvgIpc) is 2.56. The molecule has 2 aliphatic rings. The van der Waals surface area contributed by atoms with Crippen LogP contribution in [0.4, 0.5) is 15.8 Å². The Morgan fingerprint density at radius 3 is 2.65 bits per heavy atom. The third kappa shape index (κ3) is 4.42. The summed E-state index contributed by atoms with van der Waals surface area (Å²) >= 11 is 0. The molecule has 23 heavy (non-hydrogen) atoms. The molecule has 0 aliphatic carbocycles. The van der Waals surface area contributed by atoms with Gasteiger partial charge in [0.25, 0.3) is 5.91 Å². The maximum absolute atomic E-state index is 14.3. The van der Waals surface area contributed by atoms with Crippen LogP contribution in [0.25, 0.3) is 0 Å². The molecule has 0 atom stereocenters. The van der Waals surface area contributed by atoms with Crippen LogP contribution in [0.15, 0.2) is 18.2 Å². The Morgan fingerprint density at radius 1 is 1.22 bits per heavy atom.